The third-order valence-corrected chi connectivity index (χ3v) is 1.66. The molecule has 0 fully saturated rings. The van der Waals surface area contributed by atoms with Gasteiger partial charge in [0, 0.05) is 7.05 Å². The zero-order valence-corrected chi connectivity index (χ0v) is 8.02. The first-order valence-electron chi connectivity index (χ1n) is 4.10. The van der Waals surface area contributed by atoms with Crippen molar-refractivity contribution in [2.45, 2.75) is 26.7 Å². The van der Waals surface area contributed by atoms with E-state index in [1.807, 2.05) is 6.92 Å². The molecule has 12 heavy (non-hydrogen) atoms. The summed E-state index contributed by atoms with van der Waals surface area (Å²) >= 11 is 0. The Kier molecular flexibility index (Phi) is 5.26. The van der Waals surface area contributed by atoms with E-state index in [9.17, 15) is 4.39 Å². The molecule has 0 aliphatic carbocycles. The number of allylic oxidation sites excluding steroid dienone is 3. The van der Waals surface area contributed by atoms with Gasteiger partial charge in [-0.1, -0.05) is 25.5 Å². The second-order valence-electron chi connectivity index (χ2n) is 2.73. The Labute approximate surface area is 73.7 Å². The smallest absolute Gasteiger partial charge is 0.208 e. The summed E-state index contributed by atoms with van der Waals surface area (Å²) in [4.78, 5) is 3.40. The van der Waals surface area contributed by atoms with Crippen molar-refractivity contribution in [2.24, 2.45) is 4.99 Å². The largest absolute Gasteiger partial charge is 0.261 e. The summed E-state index contributed by atoms with van der Waals surface area (Å²) in [6.07, 6.45) is 3.37. The van der Waals surface area contributed by atoms with Crippen LogP contribution in [0.1, 0.15) is 26.7 Å². The molecule has 0 amide bonds. The van der Waals surface area contributed by atoms with Crippen LogP contribution in [0.2, 0.25) is 0 Å². The number of hydrogen-bond donors (Lipinski definition) is 0. The number of halogens is 1. The van der Waals surface area contributed by atoms with Gasteiger partial charge in [0.25, 0.3) is 0 Å². The molecule has 0 radical (unpaired) electrons. The molecule has 0 unspecified atom stereocenters. The molecule has 0 aliphatic rings. The maximum absolute atomic E-state index is 12.6. The second kappa shape index (κ2) is 5.70. The first-order valence-corrected chi connectivity index (χ1v) is 4.10. The van der Waals surface area contributed by atoms with Crippen LogP contribution in [0.3, 0.4) is 0 Å². The Balaban J connectivity index is 4.27. The normalized spacial score (nSPS) is 13.3. The van der Waals surface area contributed by atoms with Gasteiger partial charge in [0.15, 0.2) is 0 Å². The predicted molar refractivity (Wildman–Crippen MR) is 52.3 cm³/mol. The van der Waals surface area contributed by atoms with Gasteiger partial charge in [-0.3, -0.25) is 4.99 Å². The van der Waals surface area contributed by atoms with Crippen molar-refractivity contribution in [3.05, 3.63) is 23.8 Å². The third kappa shape index (κ3) is 4.06. The lowest BCUT2D eigenvalue weighted by molar-refractivity contribution is 0.807. The molecule has 0 spiro atoms. The fourth-order valence-electron chi connectivity index (χ4n) is 0.844. The van der Waals surface area contributed by atoms with Crippen LogP contribution in [-0.2, 0) is 0 Å². The van der Waals surface area contributed by atoms with Gasteiger partial charge in [0.1, 0.15) is 0 Å². The molecule has 0 saturated carbocycles. The molecule has 68 valence electrons. The fourth-order valence-corrected chi connectivity index (χ4v) is 0.844. The lowest BCUT2D eigenvalue weighted by Crippen LogP contribution is -1.88. The van der Waals surface area contributed by atoms with E-state index in [2.05, 4.69) is 18.5 Å². The average Bonchev–Trinajstić information content (AvgIpc) is 2.04. The Morgan fingerprint density at radius 3 is 2.58 bits per heavy atom. The summed E-state index contributed by atoms with van der Waals surface area (Å²) < 4.78 is 12.6. The Hall–Kier alpha value is -0.920. The standard InChI is InChI=1S/C10H16FN/c1-5-6-8(2)9(3)7-10(11)12-4/h7H,2,5-6H2,1,3-4H3/b9-7-,12-10?. The quantitative estimate of drug-likeness (QED) is 0.452. The van der Waals surface area contributed by atoms with Crippen molar-refractivity contribution >= 4 is 5.97 Å². The molecule has 0 rings (SSSR count). The number of hydrogen-bond acceptors (Lipinski definition) is 1. The van der Waals surface area contributed by atoms with Gasteiger partial charge in [-0.2, -0.15) is 4.39 Å². The molecule has 0 N–H and O–H groups in total. The van der Waals surface area contributed by atoms with Crippen molar-refractivity contribution in [1.82, 2.24) is 0 Å². The summed E-state index contributed by atoms with van der Waals surface area (Å²) in [5.74, 6) is -0.440. The van der Waals surface area contributed by atoms with Gasteiger partial charge in [0.2, 0.25) is 5.97 Å². The van der Waals surface area contributed by atoms with Gasteiger partial charge in [-0.15, -0.1) is 0 Å². The van der Waals surface area contributed by atoms with Gasteiger partial charge in [-0.25, -0.2) is 0 Å². The average molecular weight is 169 g/mol. The topological polar surface area (TPSA) is 12.4 Å². The van der Waals surface area contributed by atoms with Gasteiger partial charge in [0.05, 0.1) is 0 Å². The number of rotatable bonds is 4. The highest BCUT2D eigenvalue weighted by molar-refractivity contribution is 5.87. The molecular weight excluding hydrogens is 153 g/mol. The number of nitrogens with zero attached hydrogens (tertiary/aromatic N) is 1. The highest BCUT2D eigenvalue weighted by Gasteiger charge is 1.97. The van der Waals surface area contributed by atoms with Crippen LogP contribution in [-0.4, -0.2) is 13.0 Å². The molecule has 0 aromatic heterocycles. The van der Waals surface area contributed by atoms with Gasteiger partial charge >= 0.3 is 0 Å². The minimum Gasteiger partial charge on any atom is -0.261 e. The SMILES string of the molecule is C=C(CCC)/C(C)=C\C(F)=NC. The van der Waals surface area contributed by atoms with Crippen molar-refractivity contribution in [3.63, 3.8) is 0 Å². The first kappa shape index (κ1) is 11.1. The van der Waals surface area contributed by atoms with E-state index < -0.39 is 5.97 Å². The van der Waals surface area contributed by atoms with Crippen LogP contribution in [0.25, 0.3) is 0 Å². The van der Waals surface area contributed by atoms with E-state index in [0.717, 1.165) is 24.0 Å². The summed E-state index contributed by atoms with van der Waals surface area (Å²) in [7, 11) is 1.43. The van der Waals surface area contributed by atoms with Gasteiger partial charge < -0.3 is 0 Å². The Morgan fingerprint density at radius 1 is 1.58 bits per heavy atom. The van der Waals surface area contributed by atoms with E-state index in [4.69, 9.17) is 0 Å². The van der Waals surface area contributed by atoms with Gasteiger partial charge in [-0.05, 0) is 25.0 Å². The van der Waals surface area contributed by atoms with Crippen molar-refractivity contribution in [3.8, 4) is 0 Å². The van der Waals surface area contributed by atoms with E-state index >= 15 is 0 Å². The minimum absolute atomic E-state index is 0.440. The maximum Gasteiger partial charge on any atom is 0.208 e. The van der Waals surface area contributed by atoms with E-state index in [-0.39, 0.29) is 0 Å². The van der Waals surface area contributed by atoms with Crippen LogP contribution in [0.15, 0.2) is 28.8 Å². The van der Waals surface area contributed by atoms with Crippen LogP contribution >= 0.6 is 0 Å². The van der Waals surface area contributed by atoms with Crippen molar-refractivity contribution in [1.29, 1.82) is 0 Å². The summed E-state index contributed by atoms with van der Waals surface area (Å²) in [6.45, 7) is 7.76. The number of aliphatic imine (C=N–C) groups is 1. The highest BCUT2D eigenvalue weighted by Crippen LogP contribution is 2.12. The first-order chi connectivity index (χ1) is 5.61. The molecule has 0 saturated heterocycles. The molecule has 0 aromatic carbocycles. The molecule has 0 heterocycles. The maximum atomic E-state index is 12.6. The van der Waals surface area contributed by atoms with E-state index in [1.54, 1.807) is 0 Å². The summed E-state index contributed by atoms with van der Waals surface area (Å²) in [5, 5.41) is 0. The van der Waals surface area contributed by atoms with Crippen LogP contribution in [0.5, 0.6) is 0 Å². The summed E-state index contributed by atoms with van der Waals surface area (Å²) in [5.41, 5.74) is 1.86. The van der Waals surface area contributed by atoms with Crippen LogP contribution < -0.4 is 0 Å². The lowest BCUT2D eigenvalue weighted by atomic mass is 10.1. The molecule has 0 aromatic rings. The van der Waals surface area contributed by atoms with Crippen LogP contribution in [0.4, 0.5) is 4.39 Å². The molecule has 2 heteroatoms. The zero-order valence-electron chi connectivity index (χ0n) is 8.02. The lowest BCUT2D eigenvalue weighted by Gasteiger charge is -2.02. The van der Waals surface area contributed by atoms with E-state index in [0.29, 0.717) is 0 Å². The zero-order chi connectivity index (χ0) is 9.56. The third-order valence-electron chi connectivity index (χ3n) is 1.66. The monoisotopic (exact) mass is 169 g/mol. The minimum atomic E-state index is -0.440. The fraction of sp³-hybridized carbons (Fsp3) is 0.500. The van der Waals surface area contributed by atoms with E-state index in [1.165, 1.54) is 13.1 Å². The van der Waals surface area contributed by atoms with Crippen molar-refractivity contribution < 1.29 is 4.39 Å². The van der Waals surface area contributed by atoms with Crippen LogP contribution in [0, 0.1) is 0 Å². The highest BCUT2D eigenvalue weighted by atomic mass is 19.1. The molecule has 0 atom stereocenters. The second-order valence-corrected chi connectivity index (χ2v) is 2.73. The molecule has 0 bridgehead atoms. The molecule has 1 nitrogen and oxygen atoms in total. The summed E-state index contributed by atoms with van der Waals surface area (Å²) in [6, 6.07) is 0. The van der Waals surface area contributed by atoms with Crippen molar-refractivity contribution in [2.75, 3.05) is 7.05 Å². The Morgan fingerprint density at radius 2 is 2.17 bits per heavy atom. The predicted octanol–water partition coefficient (Wildman–Crippen LogP) is 3.29. The Bertz CT molecular complexity index is 214. The molecule has 0 aliphatic heterocycles. The molecular formula is C10H16FN.